The number of carbonyl (C=O) groups is 3. The number of amides is 3. The van der Waals surface area contributed by atoms with Gasteiger partial charge in [0.15, 0.2) is 0 Å². The molecule has 0 fully saturated rings. The van der Waals surface area contributed by atoms with Gasteiger partial charge in [0.2, 0.25) is 5.91 Å². The third-order valence-electron chi connectivity index (χ3n) is 3.02. The Kier molecular flexibility index (Phi) is 6.91. The van der Waals surface area contributed by atoms with Crippen LogP contribution >= 0.6 is 0 Å². The molecule has 2 N–H and O–H groups in total. The number of hydrogen-bond donors (Lipinski definition) is 2. The molecule has 0 aromatic heterocycles. The maximum atomic E-state index is 13.6. The monoisotopic (exact) mass is 333 g/mol. The van der Waals surface area contributed by atoms with Crippen LogP contribution in [0.4, 0.5) is 9.18 Å². The Morgan fingerprint density at radius 1 is 1.48 bits per heavy atom. The Morgan fingerprint density at radius 3 is 2.65 bits per heavy atom. The topological polar surface area (TPSA) is 108 Å². The third-order valence-corrected chi connectivity index (χ3v) is 3.02. The Labute approximate surface area is 132 Å². The molecule has 0 bridgehead atoms. The molecule has 1 rings (SSSR count). The highest BCUT2D eigenvalue weighted by Gasteiger charge is 2.39. The Morgan fingerprint density at radius 2 is 2.13 bits per heavy atom. The molecular weight excluding hydrogens is 313 g/mol. The van der Waals surface area contributed by atoms with E-state index in [1.807, 2.05) is 0 Å². The van der Waals surface area contributed by atoms with Crippen molar-refractivity contribution in [2.45, 2.75) is 33.2 Å². The van der Waals surface area contributed by atoms with E-state index in [4.69, 9.17) is 5.11 Å². The first-order chi connectivity index (χ1) is 10.9. The highest BCUT2D eigenvalue weighted by molar-refractivity contribution is 5.91. The van der Waals surface area contributed by atoms with E-state index in [1.54, 1.807) is 6.92 Å². The molecule has 3 amide bonds. The number of alkyl halides is 1. The van der Waals surface area contributed by atoms with E-state index in [2.05, 4.69) is 14.9 Å². The van der Waals surface area contributed by atoms with Crippen molar-refractivity contribution < 1.29 is 33.5 Å². The summed E-state index contributed by atoms with van der Waals surface area (Å²) in [5.74, 6) is -1.84. The normalized spacial score (nSPS) is 19.3. The minimum absolute atomic E-state index is 0.0318. The number of aliphatic hydroxyl groups is 1. The smallest absolute Gasteiger partial charge is 0.371 e. The van der Waals surface area contributed by atoms with Gasteiger partial charge in [0, 0.05) is 12.7 Å². The Bertz CT molecular complexity index is 498. The number of nitrogens with zero attached hydrogens (tertiary/aromatic N) is 2. The predicted molar refractivity (Wildman–Crippen MR) is 75.0 cm³/mol. The second kappa shape index (κ2) is 8.44. The first-order valence-electron chi connectivity index (χ1n) is 7.01. The van der Waals surface area contributed by atoms with Gasteiger partial charge in [-0.05, 0) is 26.3 Å². The maximum absolute atomic E-state index is 13.6. The number of halogens is 1. The van der Waals surface area contributed by atoms with Gasteiger partial charge >= 0.3 is 18.4 Å². The number of likely N-dealkylation sites (N-methyl/N-ethyl adjacent to an activating group) is 1. The Balaban J connectivity index is 2.94. The van der Waals surface area contributed by atoms with Gasteiger partial charge in [0.05, 0.1) is 6.61 Å². The van der Waals surface area contributed by atoms with Crippen LogP contribution in [0, 0.1) is 0 Å². The maximum Gasteiger partial charge on any atom is 0.371 e. The number of esters is 1. The lowest BCUT2D eigenvalue weighted by Crippen LogP contribution is -2.57. The molecule has 0 saturated heterocycles. The van der Waals surface area contributed by atoms with Crippen molar-refractivity contribution in [2.75, 3.05) is 19.9 Å². The van der Waals surface area contributed by atoms with E-state index in [9.17, 15) is 18.8 Å². The molecule has 0 saturated carbocycles. The molecule has 1 aliphatic heterocycles. The molecular formula is C13H20FN3O6. The minimum atomic E-state index is -2.47. The van der Waals surface area contributed by atoms with Gasteiger partial charge < -0.3 is 20.1 Å². The van der Waals surface area contributed by atoms with Crippen LogP contribution in [-0.2, 0) is 19.2 Å². The lowest BCUT2D eigenvalue weighted by molar-refractivity contribution is -0.211. The molecule has 0 aromatic carbocycles. The molecule has 0 radical (unpaired) electrons. The number of rotatable bonds is 7. The number of aliphatic hydroxyl groups excluding tert-OH is 1. The molecule has 1 aliphatic rings. The number of hydroxylamine groups is 2. The van der Waals surface area contributed by atoms with Crippen molar-refractivity contribution in [3.8, 4) is 0 Å². The molecule has 23 heavy (non-hydrogen) atoms. The number of urea groups is 1. The van der Waals surface area contributed by atoms with Gasteiger partial charge in [-0.25, -0.2) is 18.8 Å². The van der Waals surface area contributed by atoms with Crippen LogP contribution in [0.3, 0.4) is 0 Å². The van der Waals surface area contributed by atoms with E-state index < -0.39 is 37.0 Å². The average Bonchev–Trinajstić information content (AvgIpc) is 2.50. The molecule has 0 unspecified atom stereocenters. The molecule has 10 heteroatoms. The zero-order valence-electron chi connectivity index (χ0n) is 13.1. The largest absolute Gasteiger partial charge is 0.462 e. The number of ether oxygens (including phenoxy) is 1. The predicted octanol–water partition coefficient (Wildman–Crippen LogP) is -0.127. The van der Waals surface area contributed by atoms with Crippen molar-refractivity contribution in [1.82, 2.24) is 15.3 Å². The van der Waals surface area contributed by atoms with Crippen molar-refractivity contribution in [2.24, 2.45) is 0 Å². The van der Waals surface area contributed by atoms with Gasteiger partial charge in [-0.3, -0.25) is 4.79 Å². The van der Waals surface area contributed by atoms with E-state index in [0.29, 0.717) is 10.6 Å². The summed E-state index contributed by atoms with van der Waals surface area (Å²) in [6.07, 6.45) is -1.36. The number of hydrogen-bond acceptors (Lipinski definition) is 6. The molecule has 0 spiro atoms. The first kappa shape index (κ1) is 18.8. The van der Waals surface area contributed by atoms with E-state index in [1.165, 1.54) is 13.8 Å². The van der Waals surface area contributed by atoms with E-state index in [-0.39, 0.29) is 13.2 Å². The van der Waals surface area contributed by atoms with Gasteiger partial charge in [-0.15, -0.1) is 0 Å². The lowest BCUT2D eigenvalue weighted by Gasteiger charge is -2.37. The van der Waals surface area contributed by atoms with Crippen LogP contribution in [0.2, 0.25) is 0 Å². The summed E-state index contributed by atoms with van der Waals surface area (Å²) in [5.41, 5.74) is 0.369. The van der Waals surface area contributed by atoms with E-state index in [0.717, 1.165) is 11.1 Å². The van der Waals surface area contributed by atoms with Crippen LogP contribution in [0.15, 0.2) is 11.8 Å². The molecule has 1 heterocycles. The fraction of sp³-hybridized carbons (Fsp3) is 0.615. The van der Waals surface area contributed by atoms with Crippen LogP contribution in [0.5, 0.6) is 0 Å². The van der Waals surface area contributed by atoms with Crippen LogP contribution in [-0.4, -0.2) is 65.3 Å². The van der Waals surface area contributed by atoms with Gasteiger partial charge in [0.1, 0.15) is 12.8 Å². The fourth-order valence-electron chi connectivity index (χ4n) is 2.06. The molecule has 2 atom stereocenters. The summed E-state index contributed by atoms with van der Waals surface area (Å²) in [6.45, 7) is 4.17. The van der Waals surface area contributed by atoms with Crippen molar-refractivity contribution >= 4 is 17.9 Å². The summed E-state index contributed by atoms with van der Waals surface area (Å²) in [6, 6.07) is -1.77. The molecule has 0 aromatic rings. The highest BCUT2D eigenvalue weighted by atomic mass is 19.1. The summed E-state index contributed by atoms with van der Waals surface area (Å²) in [7, 11) is 0. The lowest BCUT2D eigenvalue weighted by atomic mass is 10.1. The number of nitrogens with one attached hydrogen (secondary N) is 1. The van der Waals surface area contributed by atoms with Crippen LogP contribution < -0.4 is 5.32 Å². The van der Waals surface area contributed by atoms with E-state index >= 15 is 0 Å². The Hall–Kier alpha value is -2.20. The van der Waals surface area contributed by atoms with Crippen LogP contribution in [0.25, 0.3) is 0 Å². The summed E-state index contributed by atoms with van der Waals surface area (Å²) in [4.78, 5) is 41.2. The third kappa shape index (κ3) is 4.39. The molecule has 130 valence electrons. The molecule has 0 aliphatic carbocycles. The first-order valence-corrected chi connectivity index (χ1v) is 7.01. The summed E-state index contributed by atoms with van der Waals surface area (Å²) >= 11 is 0. The van der Waals surface area contributed by atoms with Gasteiger partial charge in [0.25, 0.3) is 0 Å². The summed E-state index contributed by atoms with van der Waals surface area (Å²) < 4.78 is 18.1. The van der Waals surface area contributed by atoms with Crippen LogP contribution in [0.1, 0.15) is 20.8 Å². The quantitative estimate of drug-likeness (QED) is 0.496. The SMILES string of the molecule is CCOC(=O)[C@H](F)ON1C=C(C)[C@@H](C(=O)NCO)N(CC)C1=O. The second-order valence-electron chi connectivity index (χ2n) is 4.54. The summed E-state index contributed by atoms with van der Waals surface area (Å²) in [5, 5.41) is 11.5. The average molecular weight is 333 g/mol. The zero-order valence-corrected chi connectivity index (χ0v) is 13.1. The standard InChI is InChI=1S/C13H20FN3O6/c1-4-16-9(11(19)15-7-18)8(3)6-17(13(16)21)23-10(14)12(20)22-5-2/h6,9-10,18H,4-5,7H2,1-3H3,(H,15,19)/t9-,10+/m0/s1. The van der Waals surface area contributed by atoms with Gasteiger partial charge in [-0.1, -0.05) is 0 Å². The molecule has 9 nitrogen and oxygen atoms in total. The van der Waals surface area contributed by atoms with Crippen molar-refractivity contribution in [3.63, 3.8) is 0 Å². The van der Waals surface area contributed by atoms with Gasteiger partial charge in [-0.2, -0.15) is 5.06 Å². The highest BCUT2D eigenvalue weighted by Crippen LogP contribution is 2.21. The van der Waals surface area contributed by atoms with Crippen molar-refractivity contribution in [3.05, 3.63) is 11.8 Å². The fourth-order valence-corrected chi connectivity index (χ4v) is 2.06. The number of carbonyl (C=O) groups excluding carboxylic acids is 3. The second-order valence-corrected chi connectivity index (χ2v) is 4.54. The van der Waals surface area contributed by atoms with Crippen molar-refractivity contribution in [1.29, 1.82) is 0 Å². The minimum Gasteiger partial charge on any atom is -0.462 e. The zero-order chi connectivity index (χ0) is 17.6.